The molecule has 5 atom stereocenters. The Balaban J connectivity index is 1.58. The molecule has 0 unspecified atom stereocenters. The molecule has 4 N–H and O–H groups in total. The second-order valence-corrected chi connectivity index (χ2v) is 7.44. The maximum atomic E-state index is 12.2. The zero-order chi connectivity index (χ0) is 20.1. The Morgan fingerprint density at radius 3 is 2.50 bits per heavy atom. The van der Waals surface area contributed by atoms with Crippen molar-refractivity contribution in [2.24, 2.45) is 0 Å². The highest BCUT2D eigenvalue weighted by Gasteiger charge is 2.43. The Morgan fingerprint density at radius 2 is 1.82 bits per heavy atom. The molecule has 0 aliphatic carbocycles. The molecule has 1 fully saturated rings. The Labute approximate surface area is 165 Å². The normalized spacial score (nSPS) is 27.5. The van der Waals surface area contributed by atoms with Crippen molar-refractivity contribution in [1.29, 1.82) is 0 Å². The summed E-state index contributed by atoms with van der Waals surface area (Å²) in [4.78, 5) is 12.2. The van der Waals surface area contributed by atoms with Crippen molar-refractivity contribution in [2.45, 2.75) is 42.2 Å². The number of hydrogen-bond donors (Lipinski definition) is 4. The van der Waals surface area contributed by atoms with Crippen LogP contribution in [0.15, 0.2) is 51.9 Å². The lowest BCUT2D eigenvalue weighted by Crippen LogP contribution is -2.57. The van der Waals surface area contributed by atoms with Crippen LogP contribution in [-0.4, -0.2) is 56.9 Å². The Hall–Kier alpha value is -1.88. The van der Waals surface area contributed by atoms with E-state index in [1.807, 2.05) is 30.3 Å². The molecule has 1 saturated heterocycles. The number of thioether (sulfide) groups is 1. The molecule has 1 aliphatic heterocycles. The lowest BCUT2D eigenvalue weighted by Gasteiger charge is -2.39. The summed E-state index contributed by atoms with van der Waals surface area (Å²) in [5.41, 5.74) is -0.314. The molecule has 0 spiro atoms. The first kappa shape index (κ1) is 20.8. The van der Waals surface area contributed by atoms with E-state index < -0.39 is 36.5 Å². The van der Waals surface area contributed by atoms with Gasteiger partial charge in [0, 0.05) is 6.07 Å². The second-order valence-electron chi connectivity index (χ2n) is 6.36. The number of aliphatic hydroxyl groups is 4. The van der Waals surface area contributed by atoms with Gasteiger partial charge in [0.15, 0.2) is 0 Å². The highest BCUT2D eigenvalue weighted by Crippen LogP contribution is 2.30. The van der Waals surface area contributed by atoms with Crippen molar-refractivity contribution in [1.82, 2.24) is 0 Å². The lowest BCUT2D eigenvalue weighted by atomic mass is 10.0. The van der Waals surface area contributed by atoms with Crippen LogP contribution in [0.2, 0.25) is 0 Å². The quantitative estimate of drug-likeness (QED) is 0.507. The minimum atomic E-state index is -1.44. The topological polar surface area (TPSA) is 130 Å². The van der Waals surface area contributed by atoms with Crippen LogP contribution in [0.1, 0.15) is 11.3 Å². The second kappa shape index (κ2) is 9.55. The number of ether oxygens (including phenoxy) is 2. The van der Waals surface area contributed by atoms with E-state index in [2.05, 4.69) is 0 Å². The molecule has 9 heteroatoms. The third kappa shape index (κ3) is 4.93. The van der Waals surface area contributed by atoms with E-state index in [-0.39, 0.29) is 23.5 Å². The Kier molecular flexibility index (Phi) is 7.11. The molecule has 8 nitrogen and oxygen atoms in total. The van der Waals surface area contributed by atoms with Gasteiger partial charge in [-0.1, -0.05) is 30.3 Å². The van der Waals surface area contributed by atoms with E-state index in [4.69, 9.17) is 13.9 Å². The molecule has 1 aromatic carbocycles. The summed E-state index contributed by atoms with van der Waals surface area (Å²) >= 11 is 1.08. The summed E-state index contributed by atoms with van der Waals surface area (Å²) in [6, 6.07) is 10.7. The summed E-state index contributed by atoms with van der Waals surface area (Å²) in [6.07, 6.45) is -3.94. The summed E-state index contributed by atoms with van der Waals surface area (Å²) in [5.74, 6) is 0.598. The number of aliphatic hydroxyl groups excluding tert-OH is 4. The smallest absolute Gasteiger partial charge is 0.227 e. The standard InChI is InChI=1S/C19H22O8S/c20-7-14-16(22)17(23)18(24)19(27-14)28-10-12-6-13(21)15(9-25-12)26-8-11-4-2-1-3-5-11/h1-6,9,14,16-20,22-24H,7-8,10H2/t14-,16-,17+,18+,19+/m1/s1. The largest absolute Gasteiger partial charge is 0.482 e. The summed E-state index contributed by atoms with van der Waals surface area (Å²) in [5, 5.41) is 38.8. The van der Waals surface area contributed by atoms with E-state index in [0.717, 1.165) is 17.3 Å². The van der Waals surface area contributed by atoms with Crippen LogP contribution in [0.4, 0.5) is 0 Å². The summed E-state index contributed by atoms with van der Waals surface area (Å²) < 4.78 is 16.3. The number of benzene rings is 1. The van der Waals surface area contributed by atoms with Crippen molar-refractivity contribution < 1.29 is 34.3 Å². The monoisotopic (exact) mass is 410 g/mol. The van der Waals surface area contributed by atoms with E-state index in [1.165, 1.54) is 12.3 Å². The SMILES string of the molecule is O=c1cc(CS[C@@H]2O[C@H](CO)[C@@H](O)[C@H](O)[C@@H]2O)occ1OCc1ccccc1. The predicted octanol–water partition coefficient (Wildman–Crippen LogP) is 0.252. The molecule has 2 heterocycles. The highest BCUT2D eigenvalue weighted by molar-refractivity contribution is 7.99. The van der Waals surface area contributed by atoms with Crippen LogP contribution in [0.3, 0.4) is 0 Å². The van der Waals surface area contributed by atoms with Gasteiger partial charge in [-0.05, 0) is 5.56 Å². The van der Waals surface area contributed by atoms with Gasteiger partial charge in [-0.15, -0.1) is 11.8 Å². The molecule has 3 rings (SSSR count). The van der Waals surface area contributed by atoms with Gasteiger partial charge in [0.25, 0.3) is 0 Å². The van der Waals surface area contributed by atoms with Crippen LogP contribution in [-0.2, 0) is 17.1 Å². The third-order valence-electron chi connectivity index (χ3n) is 4.33. The van der Waals surface area contributed by atoms with Gasteiger partial charge < -0.3 is 34.3 Å². The van der Waals surface area contributed by atoms with Crippen molar-refractivity contribution in [3.63, 3.8) is 0 Å². The molecule has 28 heavy (non-hydrogen) atoms. The van der Waals surface area contributed by atoms with E-state index >= 15 is 0 Å². The first-order valence-electron chi connectivity index (χ1n) is 8.70. The Bertz CT molecular complexity index is 809. The minimum Gasteiger partial charge on any atom is -0.482 e. The molecule has 0 bridgehead atoms. The Morgan fingerprint density at radius 1 is 1.07 bits per heavy atom. The molecule has 1 aliphatic rings. The van der Waals surface area contributed by atoms with Crippen molar-refractivity contribution in [3.8, 4) is 5.75 Å². The van der Waals surface area contributed by atoms with Gasteiger partial charge in [-0.3, -0.25) is 4.79 Å². The molecule has 152 valence electrons. The molecule has 0 radical (unpaired) electrons. The van der Waals surface area contributed by atoms with Gasteiger partial charge >= 0.3 is 0 Å². The molecule has 0 saturated carbocycles. The van der Waals surface area contributed by atoms with Gasteiger partial charge in [0.2, 0.25) is 11.2 Å². The molecular formula is C19H22O8S. The van der Waals surface area contributed by atoms with Crippen LogP contribution in [0, 0.1) is 0 Å². The lowest BCUT2D eigenvalue weighted by molar-refractivity contribution is -0.205. The molecule has 0 amide bonds. The zero-order valence-corrected chi connectivity index (χ0v) is 15.7. The fraction of sp³-hybridized carbons (Fsp3) is 0.421. The third-order valence-corrected chi connectivity index (χ3v) is 5.50. The van der Waals surface area contributed by atoms with Gasteiger partial charge in [-0.2, -0.15) is 0 Å². The summed E-state index contributed by atoms with van der Waals surface area (Å²) in [6.45, 7) is -0.255. The van der Waals surface area contributed by atoms with Gasteiger partial charge in [0.1, 0.15) is 48.5 Å². The van der Waals surface area contributed by atoms with Crippen LogP contribution in [0.5, 0.6) is 5.75 Å². The zero-order valence-electron chi connectivity index (χ0n) is 14.9. The van der Waals surface area contributed by atoms with Crippen LogP contribution in [0.25, 0.3) is 0 Å². The first-order chi connectivity index (χ1) is 13.5. The van der Waals surface area contributed by atoms with E-state index in [1.54, 1.807) is 0 Å². The average Bonchev–Trinajstić information content (AvgIpc) is 2.71. The number of hydrogen-bond acceptors (Lipinski definition) is 9. The maximum absolute atomic E-state index is 12.2. The van der Waals surface area contributed by atoms with Crippen molar-refractivity contribution in [2.75, 3.05) is 6.61 Å². The minimum absolute atomic E-state index is 0.0884. The predicted molar refractivity (Wildman–Crippen MR) is 101 cm³/mol. The molecular weight excluding hydrogens is 388 g/mol. The fourth-order valence-corrected chi connectivity index (χ4v) is 3.78. The van der Waals surface area contributed by atoms with E-state index in [9.17, 15) is 25.2 Å². The van der Waals surface area contributed by atoms with E-state index in [0.29, 0.717) is 5.76 Å². The summed E-state index contributed by atoms with van der Waals surface area (Å²) in [7, 11) is 0. The van der Waals surface area contributed by atoms with Gasteiger partial charge in [-0.25, -0.2) is 0 Å². The van der Waals surface area contributed by atoms with Crippen molar-refractivity contribution >= 4 is 11.8 Å². The van der Waals surface area contributed by atoms with Crippen LogP contribution >= 0.6 is 11.8 Å². The average molecular weight is 410 g/mol. The van der Waals surface area contributed by atoms with Gasteiger partial charge in [0.05, 0.1) is 12.4 Å². The highest BCUT2D eigenvalue weighted by atomic mass is 32.2. The fourth-order valence-electron chi connectivity index (χ4n) is 2.72. The van der Waals surface area contributed by atoms with Crippen LogP contribution < -0.4 is 10.2 Å². The first-order valence-corrected chi connectivity index (χ1v) is 9.75. The molecule has 1 aromatic heterocycles. The maximum Gasteiger partial charge on any atom is 0.227 e. The number of rotatable bonds is 7. The molecule has 2 aromatic rings. The van der Waals surface area contributed by atoms with Crippen molar-refractivity contribution in [3.05, 3.63) is 64.2 Å².